The van der Waals surface area contributed by atoms with Crippen molar-refractivity contribution in [1.82, 2.24) is 19.5 Å². The van der Waals surface area contributed by atoms with Gasteiger partial charge in [-0.3, -0.25) is 4.98 Å². The molecule has 0 unspecified atom stereocenters. The maximum absolute atomic E-state index is 9.41. The third-order valence-electron chi connectivity index (χ3n) is 10.2. The average molecular weight is 944 g/mol. The van der Waals surface area contributed by atoms with Crippen LogP contribution in [0, 0.1) is 29.5 Å². The Morgan fingerprint density at radius 2 is 1.53 bits per heavy atom. The summed E-state index contributed by atoms with van der Waals surface area (Å²) < 4.78 is 8.20. The number of fused-ring (bicyclic) bond motifs is 4. The Bertz CT molecular complexity index is 2690. The molecular formula is C49H49IrN5OSi-2. The summed E-state index contributed by atoms with van der Waals surface area (Å²) in [5, 5.41) is 12.6. The van der Waals surface area contributed by atoms with Crippen molar-refractivity contribution in [3.05, 3.63) is 138 Å². The van der Waals surface area contributed by atoms with Crippen molar-refractivity contribution in [3.63, 3.8) is 0 Å². The normalized spacial score (nSPS) is 11.6. The first-order chi connectivity index (χ1) is 26.8. The minimum Gasteiger partial charge on any atom is -0.483 e. The Morgan fingerprint density at radius 3 is 2.18 bits per heavy atom. The van der Waals surface area contributed by atoms with E-state index < -0.39 is 8.07 Å². The van der Waals surface area contributed by atoms with Crippen molar-refractivity contribution in [3.8, 4) is 34.4 Å². The predicted octanol–water partition coefficient (Wildman–Crippen LogP) is 12.2. The number of hydrogen-bond acceptors (Lipinski definition) is 5. The van der Waals surface area contributed by atoms with E-state index in [4.69, 9.17) is 9.40 Å². The number of nitrogens with zero attached hydrogens (tertiary/aromatic N) is 5. The molecule has 8 aromatic rings. The maximum atomic E-state index is 9.41. The molecule has 0 fully saturated rings. The van der Waals surface area contributed by atoms with Crippen LogP contribution in [0.1, 0.15) is 75.6 Å². The van der Waals surface area contributed by atoms with Crippen LogP contribution >= 0.6 is 0 Å². The molecule has 0 aliphatic heterocycles. The van der Waals surface area contributed by atoms with Gasteiger partial charge in [-0.05, 0) is 88.1 Å². The molecule has 6 nitrogen and oxygen atoms in total. The van der Waals surface area contributed by atoms with Crippen LogP contribution in [-0.2, 0) is 26.5 Å². The number of furan rings is 1. The summed E-state index contributed by atoms with van der Waals surface area (Å²) in [7, 11) is -1.34. The van der Waals surface area contributed by atoms with Crippen LogP contribution in [0.4, 0.5) is 0 Å². The summed E-state index contributed by atoms with van der Waals surface area (Å²) in [6.07, 6.45) is 6.43. The number of imidazole rings is 1. The molecular weight excluding hydrogens is 895 g/mol. The molecule has 0 amide bonds. The largest absolute Gasteiger partial charge is 0.483 e. The second-order valence-corrected chi connectivity index (χ2v) is 21.7. The SMILES string of the molecule is CC(C)Cc1cc(-c2[c-]cccc2)ncc1[Si](C)(C)C.CC(C)c1cccc(C(C)C)c1-n1c(-c2[c-]nc3oc4ccc(C#N)cc4c3c2)nc2ccccc21.[Ir]. The second-order valence-electron chi connectivity index (χ2n) is 16.6. The molecule has 8 heteroatoms. The molecule has 8 rings (SSSR count). The summed E-state index contributed by atoms with van der Waals surface area (Å²) in [5.74, 6) is 2.12. The molecule has 0 aliphatic carbocycles. The summed E-state index contributed by atoms with van der Waals surface area (Å²) in [6.45, 7) is 20.6. The third kappa shape index (κ3) is 8.57. The molecule has 4 heterocycles. The Hall–Kier alpha value is -5.19. The fraction of sp³-hybridized carbons (Fsp3) is 0.265. The van der Waals surface area contributed by atoms with Gasteiger partial charge in [0.15, 0.2) is 0 Å². The van der Waals surface area contributed by atoms with Gasteiger partial charge in [0.2, 0.25) is 0 Å². The van der Waals surface area contributed by atoms with Crippen LogP contribution in [0.5, 0.6) is 0 Å². The third-order valence-corrected chi connectivity index (χ3v) is 12.2. The van der Waals surface area contributed by atoms with Crippen molar-refractivity contribution in [1.29, 1.82) is 5.26 Å². The molecule has 291 valence electrons. The molecule has 4 aromatic carbocycles. The first kappa shape index (κ1) is 41.4. The van der Waals surface area contributed by atoms with Gasteiger partial charge in [0.25, 0.3) is 0 Å². The Labute approximate surface area is 351 Å². The summed E-state index contributed by atoms with van der Waals surface area (Å²) in [6, 6.07) is 38.1. The molecule has 4 aromatic heterocycles. The van der Waals surface area contributed by atoms with E-state index in [1.54, 1.807) is 6.07 Å². The maximum Gasteiger partial charge on any atom is 0.141 e. The molecule has 0 bridgehead atoms. The predicted molar refractivity (Wildman–Crippen MR) is 233 cm³/mol. The van der Waals surface area contributed by atoms with E-state index in [1.165, 1.54) is 27.6 Å². The van der Waals surface area contributed by atoms with E-state index in [9.17, 15) is 5.26 Å². The van der Waals surface area contributed by atoms with E-state index in [0.717, 1.165) is 50.9 Å². The first-order valence-corrected chi connectivity index (χ1v) is 23.1. The number of pyridine rings is 2. The zero-order valence-corrected chi connectivity index (χ0v) is 37.6. The van der Waals surface area contributed by atoms with E-state index in [-0.39, 0.29) is 20.1 Å². The average Bonchev–Trinajstić information content (AvgIpc) is 3.75. The van der Waals surface area contributed by atoms with E-state index in [0.29, 0.717) is 34.6 Å². The van der Waals surface area contributed by atoms with Crippen LogP contribution < -0.4 is 5.19 Å². The minimum absolute atomic E-state index is 0. The molecule has 0 spiro atoms. The fourth-order valence-corrected chi connectivity index (χ4v) is 9.07. The van der Waals surface area contributed by atoms with Crippen LogP contribution in [-0.4, -0.2) is 27.6 Å². The molecule has 0 atom stereocenters. The van der Waals surface area contributed by atoms with Crippen LogP contribution in [0.2, 0.25) is 19.6 Å². The molecule has 0 N–H and O–H groups in total. The molecule has 0 saturated carbocycles. The van der Waals surface area contributed by atoms with Gasteiger partial charge in [-0.15, -0.1) is 42.0 Å². The van der Waals surface area contributed by atoms with Crippen LogP contribution in [0.3, 0.4) is 0 Å². The quantitative estimate of drug-likeness (QED) is 0.112. The summed E-state index contributed by atoms with van der Waals surface area (Å²) in [4.78, 5) is 14.3. The number of rotatable bonds is 8. The van der Waals surface area contributed by atoms with Gasteiger partial charge < -0.3 is 19.0 Å². The van der Waals surface area contributed by atoms with Crippen molar-refractivity contribution in [2.75, 3.05) is 0 Å². The van der Waals surface area contributed by atoms with Crippen molar-refractivity contribution < 1.29 is 24.5 Å². The summed E-state index contributed by atoms with van der Waals surface area (Å²) in [5.41, 5.74) is 11.8. The zero-order valence-electron chi connectivity index (χ0n) is 34.2. The molecule has 0 saturated heterocycles. The van der Waals surface area contributed by atoms with Gasteiger partial charge in [0, 0.05) is 37.4 Å². The Balaban J connectivity index is 0.000000223. The van der Waals surface area contributed by atoms with Gasteiger partial charge in [-0.1, -0.05) is 109 Å². The standard InChI is InChI=1S/C31H25N4O.C18H24NSi.Ir/c1-18(2)22-8-7-9-23(19(3)4)29(22)35-27-11-6-5-10-26(27)34-30(35)21-15-25-24-14-20(16-32)12-13-28(24)36-31(25)33-17-21;1-14(2)11-16-12-17(15-9-7-6-8-10-15)19-13-18(16)20(3,4)5;/h5-15,18-19H,1-4H3;6-9,12-14H,11H2,1-5H3;/q2*-1;. The Kier molecular flexibility index (Phi) is 12.4. The minimum atomic E-state index is -1.34. The van der Waals surface area contributed by atoms with Crippen LogP contribution in [0.15, 0.2) is 108 Å². The first-order valence-electron chi connectivity index (χ1n) is 19.6. The van der Waals surface area contributed by atoms with Crippen molar-refractivity contribution in [2.24, 2.45) is 5.92 Å². The number of para-hydroxylation sites is 3. The number of nitriles is 1. The Morgan fingerprint density at radius 1 is 0.807 bits per heavy atom. The van der Waals surface area contributed by atoms with Gasteiger partial charge in [-0.2, -0.15) is 5.26 Å². The monoisotopic (exact) mass is 944 g/mol. The molecule has 1 radical (unpaired) electrons. The zero-order chi connectivity index (χ0) is 39.7. The number of hydrogen-bond donors (Lipinski definition) is 0. The van der Waals surface area contributed by atoms with E-state index >= 15 is 0 Å². The fourth-order valence-electron chi connectivity index (χ4n) is 7.48. The van der Waals surface area contributed by atoms with Gasteiger partial charge in [-0.25, -0.2) is 0 Å². The molecule has 0 aliphatic rings. The molecule has 57 heavy (non-hydrogen) atoms. The van der Waals surface area contributed by atoms with Crippen molar-refractivity contribution >= 4 is 46.4 Å². The summed E-state index contributed by atoms with van der Waals surface area (Å²) >= 11 is 0. The van der Waals surface area contributed by atoms with Gasteiger partial charge in [0.05, 0.1) is 36.6 Å². The number of aromatic nitrogens is 4. The van der Waals surface area contributed by atoms with Crippen LogP contribution in [0.25, 0.3) is 61.4 Å². The topological polar surface area (TPSA) is 80.5 Å². The second kappa shape index (κ2) is 17.1. The number of benzene rings is 4. The van der Waals surface area contributed by atoms with E-state index in [2.05, 4.69) is 143 Å². The van der Waals surface area contributed by atoms with Gasteiger partial charge in [0.1, 0.15) is 11.3 Å². The van der Waals surface area contributed by atoms with Crippen molar-refractivity contribution in [2.45, 2.75) is 79.4 Å². The van der Waals surface area contributed by atoms with E-state index in [1.807, 2.05) is 48.5 Å². The van der Waals surface area contributed by atoms with Gasteiger partial charge >= 0.3 is 0 Å². The smallest absolute Gasteiger partial charge is 0.141 e.